The average molecular weight is 367 g/mol. The van der Waals surface area contributed by atoms with Crippen LogP contribution in [-0.4, -0.2) is 50.2 Å². The van der Waals surface area contributed by atoms with Gasteiger partial charge < -0.3 is 20.0 Å². The Morgan fingerprint density at radius 2 is 1.52 bits per heavy atom. The van der Waals surface area contributed by atoms with E-state index in [1.54, 1.807) is 0 Å². The minimum Gasteiger partial charge on any atom is -0.372 e. The highest BCUT2D eigenvalue weighted by Crippen LogP contribution is 2.22. The smallest absolute Gasteiger partial charge is 0.321 e. The highest BCUT2D eigenvalue weighted by molar-refractivity contribution is 5.89. The lowest BCUT2D eigenvalue weighted by atomic mass is 10.2. The van der Waals surface area contributed by atoms with Crippen molar-refractivity contribution >= 4 is 23.1 Å². The molecule has 0 unspecified atom stereocenters. The lowest BCUT2D eigenvalue weighted by Gasteiger charge is -2.36. The topological polar surface area (TPSA) is 38.8 Å². The van der Waals surface area contributed by atoms with Gasteiger partial charge in [0, 0.05) is 56.3 Å². The Morgan fingerprint density at radius 3 is 2.07 bits per heavy atom. The highest BCUT2D eigenvalue weighted by Gasteiger charge is 2.21. The number of carbonyl (C=O) groups is 1. The molecule has 3 rings (SSSR count). The summed E-state index contributed by atoms with van der Waals surface area (Å²) in [4.78, 5) is 19.1. The predicted octanol–water partition coefficient (Wildman–Crippen LogP) is 4.20. The summed E-state index contributed by atoms with van der Waals surface area (Å²) in [5.74, 6) is 0. The van der Waals surface area contributed by atoms with E-state index in [1.807, 2.05) is 36.1 Å². The minimum absolute atomic E-state index is 0.0182. The third-order valence-corrected chi connectivity index (χ3v) is 5.21. The normalized spacial score (nSPS) is 14.2. The quantitative estimate of drug-likeness (QED) is 0.862. The lowest BCUT2D eigenvalue weighted by molar-refractivity contribution is 0.208. The van der Waals surface area contributed by atoms with Crippen molar-refractivity contribution in [1.29, 1.82) is 0 Å². The van der Waals surface area contributed by atoms with Crippen molar-refractivity contribution in [2.75, 3.05) is 54.4 Å². The molecular weight excluding hydrogens is 336 g/mol. The highest BCUT2D eigenvalue weighted by atomic mass is 16.2. The molecule has 1 N–H and O–H groups in total. The van der Waals surface area contributed by atoms with Crippen molar-refractivity contribution in [1.82, 2.24) is 4.90 Å². The summed E-state index contributed by atoms with van der Waals surface area (Å²) in [6, 6.07) is 16.7. The van der Waals surface area contributed by atoms with E-state index in [4.69, 9.17) is 0 Å². The van der Waals surface area contributed by atoms with E-state index in [1.165, 1.54) is 16.9 Å². The molecule has 0 saturated carbocycles. The third-order valence-electron chi connectivity index (χ3n) is 5.21. The standard InChI is InChI=1S/C22H30N4O/c1-4-24(5-2)20-10-12-21(13-11-20)25-14-16-26(17-15-25)22(27)23-19-8-6-18(3)7-9-19/h6-13H,4-5,14-17H2,1-3H3,(H,23,27). The van der Waals surface area contributed by atoms with Gasteiger partial charge in [0.1, 0.15) is 0 Å². The van der Waals surface area contributed by atoms with Crippen LogP contribution in [0.1, 0.15) is 19.4 Å². The van der Waals surface area contributed by atoms with Crippen LogP contribution in [0.25, 0.3) is 0 Å². The maximum Gasteiger partial charge on any atom is 0.321 e. The Hall–Kier alpha value is -2.69. The largest absolute Gasteiger partial charge is 0.372 e. The number of nitrogens with one attached hydrogen (secondary N) is 1. The van der Waals surface area contributed by atoms with E-state index in [2.05, 4.69) is 53.2 Å². The number of piperazine rings is 1. The van der Waals surface area contributed by atoms with Gasteiger partial charge >= 0.3 is 6.03 Å². The maximum atomic E-state index is 12.5. The van der Waals surface area contributed by atoms with Gasteiger partial charge in [-0.1, -0.05) is 17.7 Å². The van der Waals surface area contributed by atoms with Crippen LogP contribution in [0.3, 0.4) is 0 Å². The molecule has 0 atom stereocenters. The number of carbonyl (C=O) groups excluding carboxylic acids is 1. The molecule has 2 aromatic rings. The molecule has 5 nitrogen and oxygen atoms in total. The Morgan fingerprint density at radius 1 is 0.926 bits per heavy atom. The van der Waals surface area contributed by atoms with Gasteiger partial charge in [-0.2, -0.15) is 0 Å². The first kappa shape index (κ1) is 19.1. The number of benzene rings is 2. The third kappa shape index (κ3) is 4.73. The van der Waals surface area contributed by atoms with Gasteiger partial charge in [-0.05, 0) is 57.2 Å². The van der Waals surface area contributed by atoms with Gasteiger partial charge in [0.15, 0.2) is 0 Å². The summed E-state index contributed by atoms with van der Waals surface area (Å²) in [6.45, 7) is 11.6. The second-order valence-electron chi connectivity index (χ2n) is 6.96. The van der Waals surface area contributed by atoms with Gasteiger partial charge in [0.05, 0.1) is 0 Å². The zero-order valence-electron chi connectivity index (χ0n) is 16.6. The van der Waals surface area contributed by atoms with Gasteiger partial charge in [-0.25, -0.2) is 4.79 Å². The molecule has 27 heavy (non-hydrogen) atoms. The number of hydrogen-bond donors (Lipinski definition) is 1. The number of nitrogens with zero attached hydrogens (tertiary/aromatic N) is 3. The molecule has 1 heterocycles. The fourth-order valence-corrected chi connectivity index (χ4v) is 3.47. The summed E-state index contributed by atoms with van der Waals surface area (Å²) in [5.41, 5.74) is 4.53. The molecule has 1 saturated heterocycles. The molecule has 1 aliphatic rings. The molecule has 5 heteroatoms. The fourth-order valence-electron chi connectivity index (χ4n) is 3.47. The minimum atomic E-state index is -0.0182. The van der Waals surface area contributed by atoms with E-state index < -0.39 is 0 Å². The van der Waals surface area contributed by atoms with Crippen LogP contribution >= 0.6 is 0 Å². The zero-order chi connectivity index (χ0) is 19.2. The van der Waals surface area contributed by atoms with Crippen LogP contribution in [-0.2, 0) is 0 Å². The Bertz CT molecular complexity index is 730. The molecule has 2 aromatic carbocycles. The van der Waals surface area contributed by atoms with Crippen LogP contribution < -0.4 is 15.1 Å². The van der Waals surface area contributed by atoms with Crippen molar-refractivity contribution in [2.45, 2.75) is 20.8 Å². The first-order valence-electron chi connectivity index (χ1n) is 9.83. The Labute approximate surface area is 162 Å². The maximum absolute atomic E-state index is 12.5. The molecule has 0 spiro atoms. The van der Waals surface area contributed by atoms with Gasteiger partial charge in [0.2, 0.25) is 0 Å². The van der Waals surface area contributed by atoms with Crippen molar-refractivity contribution in [3.05, 3.63) is 54.1 Å². The van der Waals surface area contributed by atoms with Crippen molar-refractivity contribution in [3.63, 3.8) is 0 Å². The van der Waals surface area contributed by atoms with E-state index in [9.17, 15) is 4.79 Å². The van der Waals surface area contributed by atoms with Crippen LogP contribution in [0.4, 0.5) is 21.9 Å². The van der Waals surface area contributed by atoms with Crippen molar-refractivity contribution < 1.29 is 4.79 Å². The van der Waals surface area contributed by atoms with E-state index in [0.29, 0.717) is 0 Å². The SMILES string of the molecule is CCN(CC)c1ccc(N2CCN(C(=O)Nc3ccc(C)cc3)CC2)cc1. The van der Waals surface area contributed by atoms with Crippen molar-refractivity contribution in [3.8, 4) is 0 Å². The van der Waals surface area contributed by atoms with Crippen LogP contribution in [0, 0.1) is 6.92 Å². The van der Waals surface area contributed by atoms with E-state index in [-0.39, 0.29) is 6.03 Å². The summed E-state index contributed by atoms with van der Waals surface area (Å²) in [7, 11) is 0. The number of hydrogen-bond acceptors (Lipinski definition) is 3. The Balaban J connectivity index is 1.53. The molecule has 0 bridgehead atoms. The number of urea groups is 1. The van der Waals surface area contributed by atoms with Crippen LogP contribution in [0.5, 0.6) is 0 Å². The summed E-state index contributed by atoms with van der Waals surface area (Å²) < 4.78 is 0. The van der Waals surface area contributed by atoms with Gasteiger partial charge in [-0.3, -0.25) is 0 Å². The predicted molar refractivity (Wildman–Crippen MR) is 114 cm³/mol. The second-order valence-corrected chi connectivity index (χ2v) is 6.96. The van der Waals surface area contributed by atoms with Crippen LogP contribution in [0.15, 0.2) is 48.5 Å². The molecule has 0 aliphatic carbocycles. The molecular formula is C22H30N4O. The summed E-state index contributed by atoms with van der Waals surface area (Å²) in [6.07, 6.45) is 0. The van der Waals surface area contributed by atoms with Gasteiger partial charge in [0.25, 0.3) is 0 Å². The van der Waals surface area contributed by atoms with Gasteiger partial charge in [-0.15, -0.1) is 0 Å². The molecule has 1 aliphatic heterocycles. The molecule has 0 aromatic heterocycles. The van der Waals surface area contributed by atoms with Crippen molar-refractivity contribution in [2.24, 2.45) is 0 Å². The Kier molecular flexibility index (Phi) is 6.22. The fraction of sp³-hybridized carbons (Fsp3) is 0.409. The molecule has 144 valence electrons. The monoisotopic (exact) mass is 366 g/mol. The van der Waals surface area contributed by atoms with E-state index in [0.717, 1.165) is 45.0 Å². The first-order chi connectivity index (χ1) is 13.1. The molecule has 0 radical (unpaired) electrons. The molecule has 2 amide bonds. The average Bonchev–Trinajstić information content (AvgIpc) is 2.71. The zero-order valence-corrected chi connectivity index (χ0v) is 16.6. The number of aryl methyl sites for hydroxylation is 1. The number of rotatable bonds is 5. The first-order valence-corrected chi connectivity index (χ1v) is 9.83. The number of amides is 2. The lowest BCUT2D eigenvalue weighted by Crippen LogP contribution is -2.50. The number of anilines is 3. The summed E-state index contributed by atoms with van der Waals surface area (Å²) in [5, 5.41) is 2.99. The second kappa shape index (κ2) is 8.80. The van der Waals surface area contributed by atoms with Crippen LogP contribution in [0.2, 0.25) is 0 Å². The van der Waals surface area contributed by atoms with E-state index >= 15 is 0 Å². The summed E-state index contributed by atoms with van der Waals surface area (Å²) >= 11 is 0. The molecule has 1 fully saturated rings.